The summed E-state index contributed by atoms with van der Waals surface area (Å²) in [6, 6.07) is 9.17. The van der Waals surface area contributed by atoms with Crippen molar-refractivity contribution in [2.45, 2.75) is 57.3 Å². The van der Waals surface area contributed by atoms with E-state index in [1.807, 2.05) is 0 Å². The van der Waals surface area contributed by atoms with E-state index in [0.29, 0.717) is 0 Å². The molecule has 0 radical (unpaired) electrons. The summed E-state index contributed by atoms with van der Waals surface area (Å²) in [4.78, 5) is 0. The van der Waals surface area contributed by atoms with Crippen molar-refractivity contribution in [3.05, 3.63) is 35.4 Å². The smallest absolute Gasteiger partial charge is 0.00755 e. The molecule has 0 bridgehead atoms. The molecule has 1 fully saturated rings. The highest BCUT2D eigenvalue weighted by atomic mass is 14.6. The normalized spacial score (nSPS) is 19.5. The van der Waals surface area contributed by atoms with Crippen LogP contribution in [-0.2, 0) is 10.8 Å². The first-order valence-electron chi connectivity index (χ1n) is 6.79. The van der Waals surface area contributed by atoms with E-state index in [1.165, 1.54) is 36.8 Å². The second-order valence-electron chi connectivity index (χ2n) is 6.52. The molecule has 17 heavy (non-hydrogen) atoms. The third kappa shape index (κ3) is 2.40. The molecule has 1 nitrogen and oxygen atoms in total. The van der Waals surface area contributed by atoms with Crippen molar-refractivity contribution < 1.29 is 0 Å². The van der Waals surface area contributed by atoms with Crippen LogP contribution in [0.25, 0.3) is 0 Å². The zero-order valence-electron chi connectivity index (χ0n) is 11.4. The molecule has 1 saturated carbocycles. The predicted octanol–water partition coefficient (Wildman–Crippen LogP) is 3.75. The van der Waals surface area contributed by atoms with Gasteiger partial charge < -0.3 is 5.73 Å². The minimum Gasteiger partial charge on any atom is -0.330 e. The van der Waals surface area contributed by atoms with Crippen molar-refractivity contribution in [2.75, 3.05) is 6.54 Å². The maximum Gasteiger partial charge on any atom is 0.00755 e. The molecule has 94 valence electrons. The molecule has 1 aliphatic rings. The Kier molecular flexibility index (Phi) is 3.31. The van der Waals surface area contributed by atoms with Gasteiger partial charge in [-0.05, 0) is 29.4 Å². The lowest BCUT2D eigenvalue weighted by Crippen LogP contribution is -2.32. The summed E-state index contributed by atoms with van der Waals surface area (Å²) in [5.41, 5.74) is 9.40. The summed E-state index contributed by atoms with van der Waals surface area (Å²) in [6.45, 7) is 7.57. The molecule has 2 rings (SSSR count). The fraction of sp³-hybridized carbons (Fsp3) is 0.625. The van der Waals surface area contributed by atoms with Gasteiger partial charge in [0.2, 0.25) is 0 Å². The number of hydrogen-bond donors (Lipinski definition) is 1. The van der Waals surface area contributed by atoms with Crippen molar-refractivity contribution in [3.8, 4) is 0 Å². The van der Waals surface area contributed by atoms with Crippen LogP contribution in [0, 0.1) is 0 Å². The van der Waals surface area contributed by atoms with Crippen molar-refractivity contribution in [3.63, 3.8) is 0 Å². The molecular formula is C16H25N. The van der Waals surface area contributed by atoms with Gasteiger partial charge in [0.05, 0.1) is 0 Å². The quantitative estimate of drug-likeness (QED) is 0.824. The van der Waals surface area contributed by atoms with Crippen LogP contribution in [0.5, 0.6) is 0 Å². The fourth-order valence-corrected chi connectivity index (χ4v) is 2.99. The summed E-state index contributed by atoms with van der Waals surface area (Å²) >= 11 is 0. The van der Waals surface area contributed by atoms with Gasteiger partial charge in [-0.25, -0.2) is 0 Å². The fourth-order valence-electron chi connectivity index (χ4n) is 2.99. The molecule has 0 aromatic heterocycles. The van der Waals surface area contributed by atoms with Crippen LogP contribution in [-0.4, -0.2) is 6.54 Å². The number of nitrogens with two attached hydrogens (primary N) is 1. The van der Waals surface area contributed by atoms with Gasteiger partial charge in [0, 0.05) is 12.0 Å². The predicted molar refractivity (Wildman–Crippen MR) is 74.3 cm³/mol. The molecular weight excluding hydrogens is 206 g/mol. The van der Waals surface area contributed by atoms with E-state index in [2.05, 4.69) is 45.0 Å². The second-order valence-corrected chi connectivity index (χ2v) is 6.52. The van der Waals surface area contributed by atoms with Crippen LogP contribution in [0.1, 0.15) is 57.6 Å². The summed E-state index contributed by atoms with van der Waals surface area (Å²) in [7, 11) is 0. The van der Waals surface area contributed by atoms with E-state index in [4.69, 9.17) is 5.73 Å². The molecule has 0 aliphatic heterocycles. The first-order valence-corrected chi connectivity index (χ1v) is 6.79. The Labute approximate surface area is 105 Å². The highest BCUT2D eigenvalue weighted by Gasteiger charge is 2.34. The van der Waals surface area contributed by atoms with Crippen LogP contribution < -0.4 is 5.73 Å². The maximum atomic E-state index is 6.02. The number of rotatable bonds is 2. The minimum absolute atomic E-state index is 0.240. The molecule has 1 aromatic rings. The van der Waals surface area contributed by atoms with E-state index < -0.39 is 0 Å². The van der Waals surface area contributed by atoms with Crippen molar-refractivity contribution in [1.82, 2.24) is 0 Å². The van der Waals surface area contributed by atoms with Crippen LogP contribution >= 0.6 is 0 Å². The molecule has 2 N–H and O–H groups in total. The lowest BCUT2D eigenvalue weighted by molar-refractivity contribution is 0.452. The summed E-state index contributed by atoms with van der Waals surface area (Å²) in [5.74, 6) is 0. The Morgan fingerprint density at radius 1 is 1.06 bits per heavy atom. The Morgan fingerprint density at radius 2 is 1.59 bits per heavy atom. The van der Waals surface area contributed by atoms with Crippen LogP contribution in [0.3, 0.4) is 0 Å². The number of benzene rings is 1. The zero-order valence-corrected chi connectivity index (χ0v) is 11.4. The zero-order chi connectivity index (χ0) is 12.5. The monoisotopic (exact) mass is 231 g/mol. The van der Waals surface area contributed by atoms with Gasteiger partial charge in [0.25, 0.3) is 0 Å². The van der Waals surface area contributed by atoms with Gasteiger partial charge >= 0.3 is 0 Å². The molecule has 1 aliphatic carbocycles. The average Bonchev–Trinajstić information content (AvgIpc) is 2.78. The Morgan fingerprint density at radius 3 is 2.00 bits per heavy atom. The van der Waals surface area contributed by atoms with E-state index in [-0.39, 0.29) is 10.8 Å². The molecule has 0 heterocycles. The lowest BCUT2D eigenvalue weighted by Gasteiger charge is -2.29. The van der Waals surface area contributed by atoms with Crippen molar-refractivity contribution in [1.29, 1.82) is 0 Å². The van der Waals surface area contributed by atoms with Crippen LogP contribution in [0.15, 0.2) is 24.3 Å². The first-order chi connectivity index (χ1) is 7.98. The molecule has 1 aromatic carbocycles. The second kappa shape index (κ2) is 4.45. The van der Waals surface area contributed by atoms with E-state index in [1.54, 1.807) is 0 Å². The van der Waals surface area contributed by atoms with Gasteiger partial charge in [-0.2, -0.15) is 0 Å². The largest absolute Gasteiger partial charge is 0.330 e. The first kappa shape index (κ1) is 12.6. The van der Waals surface area contributed by atoms with E-state index >= 15 is 0 Å². The van der Waals surface area contributed by atoms with Crippen molar-refractivity contribution >= 4 is 0 Å². The molecule has 0 saturated heterocycles. The molecule has 0 amide bonds. The van der Waals surface area contributed by atoms with E-state index in [9.17, 15) is 0 Å². The summed E-state index contributed by atoms with van der Waals surface area (Å²) in [6.07, 6.45) is 5.19. The minimum atomic E-state index is 0.240. The van der Waals surface area contributed by atoms with Gasteiger partial charge in [0.15, 0.2) is 0 Å². The van der Waals surface area contributed by atoms with Crippen LogP contribution in [0.4, 0.5) is 0 Å². The van der Waals surface area contributed by atoms with Crippen molar-refractivity contribution in [2.24, 2.45) is 5.73 Å². The summed E-state index contributed by atoms with van der Waals surface area (Å²) < 4.78 is 0. The molecule has 0 unspecified atom stereocenters. The number of hydrogen-bond acceptors (Lipinski definition) is 1. The summed E-state index contributed by atoms with van der Waals surface area (Å²) in [5, 5.41) is 0. The van der Waals surface area contributed by atoms with E-state index in [0.717, 1.165) is 6.54 Å². The van der Waals surface area contributed by atoms with Gasteiger partial charge in [-0.15, -0.1) is 0 Å². The highest BCUT2D eigenvalue weighted by molar-refractivity contribution is 5.33. The third-order valence-electron chi connectivity index (χ3n) is 4.31. The Balaban J connectivity index is 2.28. The average molecular weight is 231 g/mol. The van der Waals surface area contributed by atoms with Gasteiger partial charge in [-0.3, -0.25) is 0 Å². The third-order valence-corrected chi connectivity index (χ3v) is 4.31. The van der Waals surface area contributed by atoms with Gasteiger partial charge in [0.1, 0.15) is 0 Å². The Bertz CT molecular complexity index is 364. The molecule has 1 heteroatoms. The SMILES string of the molecule is CC(C)(C)c1ccc(C2(CN)CCCC2)cc1. The molecule has 0 spiro atoms. The Hall–Kier alpha value is -0.820. The van der Waals surface area contributed by atoms with Crippen LogP contribution in [0.2, 0.25) is 0 Å². The van der Waals surface area contributed by atoms with Gasteiger partial charge in [-0.1, -0.05) is 57.9 Å². The molecule has 0 atom stereocenters. The topological polar surface area (TPSA) is 26.0 Å². The highest BCUT2D eigenvalue weighted by Crippen LogP contribution is 2.40. The maximum absolute atomic E-state index is 6.02. The lowest BCUT2D eigenvalue weighted by atomic mass is 9.77. The standard InChI is InChI=1S/C16H25N/c1-15(2,3)13-6-8-14(9-7-13)16(12-17)10-4-5-11-16/h6-9H,4-5,10-12,17H2,1-3H3.